The number of benzene rings is 2. The third-order valence-corrected chi connectivity index (χ3v) is 5.77. The summed E-state index contributed by atoms with van der Waals surface area (Å²) in [7, 11) is 5.03. The molecule has 0 N–H and O–H groups in total. The molecule has 0 bridgehead atoms. The van der Waals surface area contributed by atoms with Crippen LogP contribution in [0.2, 0.25) is 0 Å². The quantitative estimate of drug-likeness (QED) is 0.601. The van der Waals surface area contributed by atoms with Gasteiger partial charge in [0.15, 0.2) is 11.5 Å². The van der Waals surface area contributed by atoms with Crippen LogP contribution in [0.1, 0.15) is 23.7 Å². The van der Waals surface area contributed by atoms with Gasteiger partial charge in [-0.1, -0.05) is 17.7 Å². The minimum Gasteiger partial charge on any atom is -1.00 e. The lowest BCUT2D eigenvalue weighted by molar-refractivity contribution is -0.00000698. The average Bonchev–Trinajstić information content (AvgIpc) is 2.72. The molecular formula is C24H28ClN3O3. The Kier molecular flexibility index (Phi) is 6.32. The van der Waals surface area contributed by atoms with Crippen LogP contribution >= 0.6 is 0 Å². The van der Waals surface area contributed by atoms with Crippen molar-refractivity contribution in [2.75, 3.05) is 14.2 Å². The Labute approximate surface area is 189 Å². The second-order valence-corrected chi connectivity index (χ2v) is 7.85. The van der Waals surface area contributed by atoms with E-state index in [1.807, 2.05) is 22.8 Å². The maximum atomic E-state index is 13.1. The zero-order valence-corrected chi connectivity index (χ0v) is 19.5. The molecule has 1 aliphatic heterocycles. The monoisotopic (exact) mass is 441 g/mol. The molecule has 3 aromatic rings. The molecule has 2 heterocycles. The Morgan fingerprint density at radius 3 is 2.19 bits per heavy atom. The van der Waals surface area contributed by atoms with Crippen molar-refractivity contribution in [3.63, 3.8) is 0 Å². The summed E-state index contributed by atoms with van der Waals surface area (Å²) in [6, 6.07) is 10.2. The molecule has 0 atom stereocenters. The number of fused-ring (bicyclic) bond motifs is 3. The van der Waals surface area contributed by atoms with Crippen LogP contribution in [0, 0.1) is 20.8 Å². The van der Waals surface area contributed by atoms with Gasteiger partial charge in [0.25, 0.3) is 0 Å². The second-order valence-electron chi connectivity index (χ2n) is 7.85. The topological polar surface area (TPSA) is 57.8 Å². The van der Waals surface area contributed by atoms with Crippen molar-refractivity contribution in [1.29, 1.82) is 0 Å². The van der Waals surface area contributed by atoms with Crippen LogP contribution in [0.3, 0.4) is 0 Å². The Morgan fingerprint density at radius 2 is 1.58 bits per heavy atom. The first kappa shape index (κ1) is 22.7. The van der Waals surface area contributed by atoms with Gasteiger partial charge in [-0.05, 0) is 56.0 Å². The lowest BCUT2D eigenvalue weighted by atomic mass is 9.97. The number of halogens is 1. The first-order valence-electron chi connectivity index (χ1n) is 10.0. The second kappa shape index (κ2) is 8.63. The number of rotatable bonds is 3. The van der Waals surface area contributed by atoms with Crippen LogP contribution in [-0.2, 0) is 20.0 Å². The van der Waals surface area contributed by atoms with E-state index in [9.17, 15) is 4.79 Å². The molecule has 0 saturated heterocycles. The minimum absolute atomic E-state index is 0. The van der Waals surface area contributed by atoms with Gasteiger partial charge in [0.1, 0.15) is 5.49 Å². The average molecular weight is 442 g/mol. The Balaban J connectivity index is 0.00000181. The van der Waals surface area contributed by atoms with Gasteiger partial charge in [-0.3, -0.25) is 9.13 Å². The zero-order valence-electron chi connectivity index (χ0n) is 19.7. The van der Waals surface area contributed by atoms with E-state index in [2.05, 4.69) is 32.9 Å². The maximum Gasteiger partial charge on any atom is 1.00 e. The molecule has 31 heavy (non-hydrogen) atoms. The highest BCUT2D eigenvalue weighted by Crippen LogP contribution is 2.37. The molecule has 2 aromatic carbocycles. The molecule has 4 rings (SSSR count). The van der Waals surface area contributed by atoms with Crippen molar-refractivity contribution in [2.24, 2.45) is 12.0 Å². The number of aryl methyl sites for hydroxylation is 4. The predicted octanol–water partition coefficient (Wildman–Crippen LogP) is 0.701. The SMILES string of the molecule is COc1cc2c(cc1OC)-c1cc(=Nc3c(C)cc(C)cc3C)n(C)c(=O)n1CC2.[Cl-].[H+]. The first-order valence-corrected chi connectivity index (χ1v) is 10.0. The van der Waals surface area contributed by atoms with Gasteiger partial charge in [0, 0.05) is 25.2 Å². The Hall–Kier alpha value is -2.99. The number of hydrogen-bond acceptors (Lipinski definition) is 4. The summed E-state index contributed by atoms with van der Waals surface area (Å²) in [4.78, 5) is 18.0. The van der Waals surface area contributed by atoms with Crippen molar-refractivity contribution < 1.29 is 23.3 Å². The minimum atomic E-state index is -0.0749. The van der Waals surface area contributed by atoms with E-state index in [-0.39, 0.29) is 19.5 Å². The summed E-state index contributed by atoms with van der Waals surface area (Å²) in [5.41, 5.74) is 7.81. The van der Waals surface area contributed by atoms with E-state index < -0.39 is 0 Å². The van der Waals surface area contributed by atoms with E-state index in [0.29, 0.717) is 23.5 Å². The van der Waals surface area contributed by atoms with Gasteiger partial charge in [-0.2, -0.15) is 0 Å². The van der Waals surface area contributed by atoms with Gasteiger partial charge < -0.3 is 21.9 Å². The van der Waals surface area contributed by atoms with E-state index >= 15 is 0 Å². The molecular weight excluding hydrogens is 414 g/mol. The lowest BCUT2D eigenvalue weighted by Gasteiger charge is -2.24. The highest BCUT2D eigenvalue weighted by atomic mass is 35.5. The number of ether oxygens (including phenoxy) is 2. The van der Waals surface area contributed by atoms with E-state index in [4.69, 9.17) is 14.5 Å². The highest BCUT2D eigenvalue weighted by molar-refractivity contribution is 5.70. The van der Waals surface area contributed by atoms with Gasteiger partial charge in [-0.25, -0.2) is 9.79 Å². The molecule has 0 saturated carbocycles. The van der Waals surface area contributed by atoms with Crippen molar-refractivity contribution in [2.45, 2.75) is 33.7 Å². The molecule has 6 nitrogen and oxygen atoms in total. The Bertz CT molecular complexity index is 1270. The van der Waals surface area contributed by atoms with E-state index in [1.54, 1.807) is 25.8 Å². The maximum absolute atomic E-state index is 13.1. The fourth-order valence-corrected chi connectivity index (χ4v) is 4.29. The summed E-state index contributed by atoms with van der Waals surface area (Å²) in [6.07, 6.45) is 0.759. The van der Waals surface area contributed by atoms with Crippen molar-refractivity contribution in [3.8, 4) is 22.8 Å². The first-order chi connectivity index (χ1) is 14.3. The third-order valence-electron chi connectivity index (χ3n) is 5.77. The molecule has 7 heteroatoms. The number of nitrogens with zero attached hydrogens (tertiary/aromatic N) is 3. The largest absolute Gasteiger partial charge is 1.00 e. The molecule has 1 aromatic heterocycles. The lowest BCUT2D eigenvalue weighted by Crippen LogP contribution is -3.00. The molecule has 0 amide bonds. The van der Waals surface area contributed by atoms with Crippen LogP contribution in [0.4, 0.5) is 5.69 Å². The van der Waals surface area contributed by atoms with Gasteiger partial charge >= 0.3 is 7.12 Å². The molecule has 1 aliphatic rings. The number of hydrogen-bond donors (Lipinski definition) is 0. The fourth-order valence-electron chi connectivity index (χ4n) is 4.29. The normalized spacial score (nSPS) is 12.6. The smallest absolute Gasteiger partial charge is 1.00 e. The van der Waals surface area contributed by atoms with Crippen molar-refractivity contribution >= 4 is 5.69 Å². The molecule has 0 radical (unpaired) electrons. The highest BCUT2D eigenvalue weighted by Gasteiger charge is 2.21. The molecule has 0 fully saturated rings. The molecule has 0 spiro atoms. The van der Waals surface area contributed by atoms with Crippen LogP contribution in [0.5, 0.6) is 11.5 Å². The van der Waals surface area contributed by atoms with Crippen LogP contribution < -0.4 is 33.1 Å². The standard InChI is InChI=1S/C24H27N3O3.ClH/c1-14-9-15(2)23(16(3)10-14)25-22-13-19-18-12-21(30-6)20(29-5)11-17(18)7-8-27(19)24(28)26(22)4;/h9-13H,7-8H2,1-6H3;1H. The van der Waals surface area contributed by atoms with Crippen LogP contribution in [0.15, 0.2) is 40.1 Å². The van der Waals surface area contributed by atoms with Gasteiger partial charge in [-0.15, -0.1) is 0 Å². The summed E-state index contributed by atoms with van der Waals surface area (Å²) >= 11 is 0. The zero-order chi connectivity index (χ0) is 21.6. The molecule has 164 valence electrons. The summed E-state index contributed by atoms with van der Waals surface area (Å²) in [6.45, 7) is 6.80. The van der Waals surface area contributed by atoms with Crippen LogP contribution in [-0.4, -0.2) is 23.4 Å². The number of methoxy groups -OCH3 is 2. The summed E-state index contributed by atoms with van der Waals surface area (Å²) in [5.74, 6) is 1.35. The summed E-state index contributed by atoms with van der Waals surface area (Å²) in [5, 5.41) is 0. The molecule has 0 aliphatic carbocycles. The number of aromatic nitrogens is 2. The Morgan fingerprint density at radius 1 is 0.968 bits per heavy atom. The van der Waals surface area contributed by atoms with Gasteiger partial charge in [0.2, 0.25) is 0 Å². The summed E-state index contributed by atoms with van der Waals surface area (Å²) < 4.78 is 14.4. The van der Waals surface area contributed by atoms with Crippen molar-refractivity contribution in [1.82, 2.24) is 9.13 Å². The predicted molar refractivity (Wildman–Crippen MR) is 119 cm³/mol. The van der Waals surface area contributed by atoms with Gasteiger partial charge in [0.05, 0.1) is 25.6 Å². The molecule has 0 unspecified atom stereocenters. The van der Waals surface area contributed by atoms with Crippen LogP contribution in [0.25, 0.3) is 11.3 Å². The van der Waals surface area contributed by atoms with Crippen molar-refractivity contribution in [3.05, 3.63) is 68.6 Å². The van der Waals surface area contributed by atoms with E-state index in [0.717, 1.165) is 40.1 Å². The fraction of sp³-hybridized carbons (Fsp3) is 0.333. The third kappa shape index (κ3) is 3.88. The van der Waals surface area contributed by atoms with E-state index in [1.165, 1.54) is 5.56 Å².